The van der Waals surface area contributed by atoms with Crippen LogP contribution in [0.25, 0.3) is 0 Å². The van der Waals surface area contributed by atoms with Crippen LogP contribution in [-0.2, 0) is 15.7 Å². The molecule has 1 rings (SSSR count). The molecule has 10 heteroatoms. The van der Waals surface area contributed by atoms with Gasteiger partial charge in [-0.1, -0.05) is 0 Å². The van der Waals surface area contributed by atoms with Crippen LogP contribution in [0.3, 0.4) is 0 Å². The van der Waals surface area contributed by atoms with Gasteiger partial charge in [0.25, 0.3) is 0 Å². The van der Waals surface area contributed by atoms with Gasteiger partial charge in [-0.25, -0.2) is 4.98 Å². The van der Waals surface area contributed by atoms with Gasteiger partial charge in [-0.05, 0) is 0 Å². The molecule has 0 aliphatic rings. The fraction of sp³-hybridized carbons (Fsp3) is 0.500. The van der Waals surface area contributed by atoms with Crippen LogP contribution in [0.4, 0.5) is 24.9 Å². The number of nitrogens with one attached hydrogen (secondary N) is 2. The largest absolute Gasteiger partial charge is 0.433 e. The van der Waals surface area contributed by atoms with Crippen LogP contribution in [0, 0.1) is 0 Å². The Morgan fingerprint density at radius 3 is 2.75 bits per heavy atom. The number of alkyl halides is 3. The first-order valence-corrected chi connectivity index (χ1v) is 5.54. The standard InChI is InChI=1S/C10H14F3N5O2/c1-20-3-2-15-8(19)5-16-7-4-6(10(11,12)13)17-9(14)18-7/h4H,2-3,5H2,1H3,(H,15,19)(H3,14,16,17,18). The highest BCUT2D eigenvalue weighted by atomic mass is 19.4. The molecule has 0 aromatic carbocycles. The highest BCUT2D eigenvalue weighted by molar-refractivity contribution is 5.80. The van der Waals surface area contributed by atoms with Crippen LogP contribution in [0.5, 0.6) is 0 Å². The van der Waals surface area contributed by atoms with Crippen molar-refractivity contribution >= 4 is 17.7 Å². The van der Waals surface area contributed by atoms with E-state index < -0.39 is 23.7 Å². The molecule has 0 spiro atoms. The molecule has 1 aromatic rings. The number of ether oxygens (including phenoxy) is 1. The number of halogens is 3. The number of carbonyl (C=O) groups is 1. The molecule has 4 N–H and O–H groups in total. The molecule has 0 atom stereocenters. The van der Waals surface area contributed by atoms with Gasteiger partial charge in [-0.2, -0.15) is 18.2 Å². The lowest BCUT2D eigenvalue weighted by molar-refractivity contribution is -0.141. The van der Waals surface area contributed by atoms with E-state index in [2.05, 4.69) is 20.6 Å². The van der Waals surface area contributed by atoms with Gasteiger partial charge in [0.2, 0.25) is 11.9 Å². The van der Waals surface area contributed by atoms with Gasteiger partial charge in [0.05, 0.1) is 13.2 Å². The summed E-state index contributed by atoms with van der Waals surface area (Å²) in [5.41, 5.74) is 4.01. The van der Waals surface area contributed by atoms with E-state index in [9.17, 15) is 18.0 Å². The van der Waals surface area contributed by atoms with Gasteiger partial charge in [-0.3, -0.25) is 4.79 Å². The Kier molecular flexibility index (Phi) is 5.50. The number of rotatable bonds is 6. The van der Waals surface area contributed by atoms with E-state index in [0.717, 1.165) is 0 Å². The zero-order valence-electron chi connectivity index (χ0n) is 10.6. The number of nitrogens with two attached hydrogens (primary N) is 1. The summed E-state index contributed by atoms with van der Waals surface area (Å²) in [7, 11) is 1.48. The van der Waals surface area contributed by atoms with E-state index in [1.54, 1.807) is 0 Å². The Morgan fingerprint density at radius 2 is 2.15 bits per heavy atom. The minimum absolute atomic E-state index is 0.174. The number of anilines is 2. The molecule has 0 saturated carbocycles. The summed E-state index contributed by atoms with van der Waals surface area (Å²) in [5.74, 6) is -1.11. The normalized spacial score (nSPS) is 11.2. The summed E-state index contributed by atoms with van der Waals surface area (Å²) in [4.78, 5) is 18.0. The van der Waals surface area contributed by atoms with E-state index in [0.29, 0.717) is 19.2 Å². The molecule has 7 nitrogen and oxygen atoms in total. The third-order valence-corrected chi connectivity index (χ3v) is 2.09. The van der Waals surface area contributed by atoms with Crippen molar-refractivity contribution in [2.45, 2.75) is 6.18 Å². The van der Waals surface area contributed by atoms with Crippen LogP contribution in [0.1, 0.15) is 5.69 Å². The molecule has 0 radical (unpaired) electrons. The highest BCUT2D eigenvalue weighted by Crippen LogP contribution is 2.29. The summed E-state index contributed by atoms with van der Waals surface area (Å²) in [6.45, 7) is 0.401. The number of hydrogen-bond acceptors (Lipinski definition) is 6. The van der Waals surface area contributed by atoms with Crippen molar-refractivity contribution in [3.63, 3.8) is 0 Å². The predicted octanol–water partition coefficient (Wildman–Crippen LogP) is 0.252. The Balaban J connectivity index is 2.60. The fourth-order valence-electron chi connectivity index (χ4n) is 1.23. The van der Waals surface area contributed by atoms with Crippen molar-refractivity contribution in [3.05, 3.63) is 11.8 Å². The van der Waals surface area contributed by atoms with E-state index in [-0.39, 0.29) is 12.4 Å². The van der Waals surface area contributed by atoms with Crippen molar-refractivity contribution in [1.82, 2.24) is 15.3 Å². The van der Waals surface area contributed by atoms with Crippen LogP contribution < -0.4 is 16.4 Å². The zero-order valence-corrected chi connectivity index (χ0v) is 10.6. The smallest absolute Gasteiger partial charge is 0.383 e. The van der Waals surface area contributed by atoms with Crippen LogP contribution in [0.15, 0.2) is 6.07 Å². The molecule has 0 aliphatic carbocycles. The van der Waals surface area contributed by atoms with Gasteiger partial charge in [0.15, 0.2) is 5.69 Å². The quantitative estimate of drug-likeness (QED) is 0.650. The number of amides is 1. The third-order valence-electron chi connectivity index (χ3n) is 2.09. The minimum Gasteiger partial charge on any atom is -0.383 e. The van der Waals surface area contributed by atoms with Crippen molar-refractivity contribution in [1.29, 1.82) is 0 Å². The molecule has 112 valence electrons. The first-order valence-electron chi connectivity index (χ1n) is 5.54. The van der Waals surface area contributed by atoms with E-state index in [1.165, 1.54) is 7.11 Å². The van der Waals surface area contributed by atoms with Crippen LogP contribution >= 0.6 is 0 Å². The Bertz CT molecular complexity index is 467. The molecule has 0 aliphatic heterocycles. The average Bonchev–Trinajstić information content (AvgIpc) is 2.35. The molecule has 0 fully saturated rings. The molecule has 1 amide bonds. The molecular weight excluding hydrogens is 279 g/mol. The number of nitrogen functional groups attached to an aromatic ring is 1. The average molecular weight is 293 g/mol. The van der Waals surface area contributed by atoms with Gasteiger partial charge in [-0.15, -0.1) is 0 Å². The monoisotopic (exact) mass is 293 g/mol. The SMILES string of the molecule is COCCNC(=O)CNc1cc(C(F)(F)F)nc(N)n1. The Morgan fingerprint density at radius 1 is 1.45 bits per heavy atom. The fourth-order valence-corrected chi connectivity index (χ4v) is 1.23. The highest BCUT2D eigenvalue weighted by Gasteiger charge is 2.33. The topological polar surface area (TPSA) is 102 Å². The number of hydrogen-bond donors (Lipinski definition) is 3. The summed E-state index contributed by atoms with van der Waals surface area (Å²) >= 11 is 0. The van der Waals surface area contributed by atoms with E-state index in [4.69, 9.17) is 10.5 Å². The van der Waals surface area contributed by atoms with Crippen LogP contribution in [0.2, 0.25) is 0 Å². The maximum Gasteiger partial charge on any atom is 0.433 e. The van der Waals surface area contributed by atoms with Gasteiger partial charge in [0.1, 0.15) is 5.82 Å². The van der Waals surface area contributed by atoms with Gasteiger partial charge >= 0.3 is 6.18 Å². The molecule has 1 heterocycles. The molecule has 20 heavy (non-hydrogen) atoms. The second-order valence-electron chi connectivity index (χ2n) is 3.69. The zero-order chi connectivity index (χ0) is 15.2. The number of aromatic nitrogens is 2. The first-order chi connectivity index (χ1) is 9.32. The maximum absolute atomic E-state index is 12.5. The molecule has 0 bridgehead atoms. The summed E-state index contributed by atoms with van der Waals surface area (Å²) < 4.78 is 42.2. The molecule has 0 saturated heterocycles. The lowest BCUT2D eigenvalue weighted by Gasteiger charge is -2.10. The molecular formula is C10H14F3N5O2. The van der Waals surface area contributed by atoms with Crippen molar-refractivity contribution in [3.8, 4) is 0 Å². The third kappa shape index (κ3) is 5.26. The summed E-state index contributed by atoms with van der Waals surface area (Å²) in [5, 5.41) is 4.93. The second-order valence-corrected chi connectivity index (χ2v) is 3.69. The number of nitrogens with zero attached hydrogens (tertiary/aromatic N) is 2. The lowest BCUT2D eigenvalue weighted by atomic mass is 10.3. The minimum atomic E-state index is -4.63. The number of carbonyl (C=O) groups excluding carboxylic acids is 1. The molecule has 1 aromatic heterocycles. The van der Waals surface area contributed by atoms with E-state index in [1.807, 2.05) is 0 Å². The molecule has 0 unspecified atom stereocenters. The van der Waals surface area contributed by atoms with Crippen molar-refractivity contribution in [2.24, 2.45) is 0 Å². The van der Waals surface area contributed by atoms with Gasteiger partial charge in [0, 0.05) is 19.7 Å². The van der Waals surface area contributed by atoms with Crippen molar-refractivity contribution < 1.29 is 22.7 Å². The Hall–Kier alpha value is -2.10. The van der Waals surface area contributed by atoms with E-state index >= 15 is 0 Å². The Labute approximate surface area is 112 Å². The number of methoxy groups -OCH3 is 1. The van der Waals surface area contributed by atoms with Gasteiger partial charge < -0.3 is 21.1 Å². The summed E-state index contributed by atoms with van der Waals surface area (Å²) in [6.07, 6.45) is -4.63. The second kappa shape index (κ2) is 6.89. The summed E-state index contributed by atoms with van der Waals surface area (Å²) in [6, 6.07) is 0.679. The maximum atomic E-state index is 12.5. The lowest BCUT2D eigenvalue weighted by Crippen LogP contribution is -2.32. The van der Waals surface area contributed by atoms with Crippen LogP contribution in [-0.4, -0.2) is 42.7 Å². The van der Waals surface area contributed by atoms with Crippen molar-refractivity contribution in [2.75, 3.05) is 37.9 Å². The first kappa shape index (κ1) is 16.0. The predicted molar refractivity (Wildman–Crippen MR) is 64.8 cm³/mol.